The van der Waals surface area contributed by atoms with Crippen LogP contribution in [-0.4, -0.2) is 10.7 Å². The molecule has 52 valence electrons. The first-order chi connectivity index (χ1) is 4.00. The van der Waals surface area contributed by atoms with Gasteiger partial charge in [-0.3, -0.25) is 0 Å². The van der Waals surface area contributed by atoms with E-state index in [-0.39, 0.29) is 12.3 Å². The Hall–Kier alpha value is -0.550. The maximum Gasteiger partial charge on any atom is 0.0771 e. The summed E-state index contributed by atoms with van der Waals surface area (Å²) in [6.07, 6.45) is 0.213. The van der Waals surface area contributed by atoms with Gasteiger partial charge >= 0.3 is 0 Å². The molecule has 0 rings (SSSR count). The van der Waals surface area contributed by atoms with E-state index >= 15 is 0 Å². The summed E-state index contributed by atoms with van der Waals surface area (Å²) in [7, 11) is 0. The molecular weight excluding hydrogens is 114 g/mol. The molecular formula is C7H13NO. The Morgan fingerprint density at radius 3 is 2.22 bits per heavy atom. The number of hydrogen-bond donors (Lipinski definition) is 1. The highest BCUT2D eigenvalue weighted by Gasteiger charge is 2.23. The highest BCUT2D eigenvalue weighted by Crippen LogP contribution is 2.18. The second kappa shape index (κ2) is 2.84. The van der Waals surface area contributed by atoms with Gasteiger partial charge in [0.15, 0.2) is 0 Å². The van der Waals surface area contributed by atoms with E-state index in [9.17, 15) is 5.11 Å². The van der Waals surface area contributed by atoms with E-state index in [1.165, 1.54) is 0 Å². The number of rotatable bonds is 2. The van der Waals surface area contributed by atoms with Crippen molar-refractivity contribution in [2.45, 2.75) is 32.8 Å². The molecule has 0 saturated heterocycles. The van der Waals surface area contributed by atoms with Gasteiger partial charge < -0.3 is 5.11 Å². The van der Waals surface area contributed by atoms with Crippen LogP contribution in [0, 0.1) is 17.2 Å². The highest BCUT2D eigenvalue weighted by atomic mass is 16.3. The quantitative estimate of drug-likeness (QED) is 0.607. The number of hydrogen-bond acceptors (Lipinski definition) is 2. The first-order valence-electron chi connectivity index (χ1n) is 3.10. The van der Waals surface area contributed by atoms with Crippen molar-refractivity contribution in [1.29, 1.82) is 5.26 Å². The average molecular weight is 127 g/mol. The fourth-order valence-electron chi connectivity index (χ4n) is 0.364. The third-order valence-corrected chi connectivity index (χ3v) is 1.68. The van der Waals surface area contributed by atoms with Crippen LogP contribution >= 0.6 is 0 Å². The van der Waals surface area contributed by atoms with Crippen LogP contribution in [0.3, 0.4) is 0 Å². The van der Waals surface area contributed by atoms with Crippen LogP contribution in [0.5, 0.6) is 0 Å². The van der Waals surface area contributed by atoms with Crippen molar-refractivity contribution in [2.75, 3.05) is 0 Å². The molecule has 1 N–H and O–H groups in total. The molecule has 0 saturated carbocycles. The van der Waals surface area contributed by atoms with Gasteiger partial charge in [-0.25, -0.2) is 0 Å². The lowest BCUT2D eigenvalue weighted by molar-refractivity contribution is 0.0182. The summed E-state index contributed by atoms with van der Waals surface area (Å²) in [6.45, 7) is 5.48. The van der Waals surface area contributed by atoms with Crippen LogP contribution < -0.4 is 0 Å². The minimum Gasteiger partial charge on any atom is -0.389 e. The molecule has 2 heteroatoms. The Bertz CT molecular complexity index is 121. The fraction of sp³-hybridized carbons (Fsp3) is 0.857. The van der Waals surface area contributed by atoms with Gasteiger partial charge in [-0.15, -0.1) is 0 Å². The molecule has 0 bridgehead atoms. The molecule has 1 unspecified atom stereocenters. The van der Waals surface area contributed by atoms with Crippen LogP contribution in [0.4, 0.5) is 0 Å². The molecule has 0 aliphatic rings. The molecule has 0 fully saturated rings. The Morgan fingerprint density at radius 2 is 2.11 bits per heavy atom. The molecule has 0 aromatic rings. The predicted octanol–water partition coefficient (Wildman–Crippen LogP) is 1.31. The van der Waals surface area contributed by atoms with E-state index in [2.05, 4.69) is 0 Å². The Morgan fingerprint density at radius 1 is 1.67 bits per heavy atom. The molecule has 1 atom stereocenters. The van der Waals surface area contributed by atoms with Gasteiger partial charge in [-0.2, -0.15) is 5.26 Å². The van der Waals surface area contributed by atoms with Crippen molar-refractivity contribution in [3.63, 3.8) is 0 Å². The molecule has 0 spiro atoms. The lowest BCUT2D eigenvalue weighted by Gasteiger charge is -2.23. The van der Waals surface area contributed by atoms with Crippen molar-refractivity contribution >= 4 is 0 Å². The van der Waals surface area contributed by atoms with Crippen molar-refractivity contribution in [3.8, 4) is 6.07 Å². The molecule has 0 aliphatic heterocycles. The molecule has 0 aliphatic carbocycles. The molecule has 0 radical (unpaired) electrons. The number of aliphatic hydroxyl groups is 1. The van der Waals surface area contributed by atoms with Crippen LogP contribution in [0.1, 0.15) is 27.2 Å². The minimum atomic E-state index is -0.811. The van der Waals surface area contributed by atoms with Crippen LogP contribution in [0.2, 0.25) is 0 Å². The summed E-state index contributed by atoms with van der Waals surface area (Å²) in [5, 5.41) is 17.6. The van der Waals surface area contributed by atoms with E-state index in [0.717, 1.165) is 0 Å². The zero-order valence-corrected chi connectivity index (χ0v) is 6.18. The third kappa shape index (κ3) is 2.48. The van der Waals surface area contributed by atoms with Crippen LogP contribution in [0.25, 0.3) is 0 Å². The largest absolute Gasteiger partial charge is 0.389 e. The third-order valence-electron chi connectivity index (χ3n) is 1.68. The summed E-state index contributed by atoms with van der Waals surface area (Å²) >= 11 is 0. The SMILES string of the molecule is CC(C)C(C)(O)CC#N. The second-order valence-electron chi connectivity index (χ2n) is 2.85. The lowest BCUT2D eigenvalue weighted by atomic mass is 9.90. The van der Waals surface area contributed by atoms with Crippen molar-refractivity contribution < 1.29 is 5.11 Å². The second-order valence-corrected chi connectivity index (χ2v) is 2.85. The van der Waals surface area contributed by atoms with Gasteiger partial charge in [0.05, 0.1) is 18.1 Å². The fourth-order valence-corrected chi connectivity index (χ4v) is 0.364. The Balaban J connectivity index is 3.89. The minimum absolute atomic E-state index is 0.150. The van der Waals surface area contributed by atoms with Gasteiger partial charge in [-0.1, -0.05) is 13.8 Å². The van der Waals surface area contributed by atoms with Gasteiger partial charge in [0.1, 0.15) is 0 Å². The van der Waals surface area contributed by atoms with Crippen molar-refractivity contribution in [1.82, 2.24) is 0 Å². The van der Waals surface area contributed by atoms with Crippen molar-refractivity contribution in [2.24, 2.45) is 5.92 Å². The van der Waals surface area contributed by atoms with Gasteiger partial charge in [0, 0.05) is 0 Å². The van der Waals surface area contributed by atoms with Crippen LogP contribution in [0.15, 0.2) is 0 Å². The smallest absolute Gasteiger partial charge is 0.0771 e. The van der Waals surface area contributed by atoms with E-state index in [1.54, 1.807) is 6.92 Å². The van der Waals surface area contributed by atoms with E-state index < -0.39 is 5.60 Å². The summed E-state index contributed by atoms with van der Waals surface area (Å²) in [4.78, 5) is 0. The molecule has 0 heterocycles. The molecule has 0 aromatic carbocycles. The zero-order valence-electron chi connectivity index (χ0n) is 6.18. The normalized spacial score (nSPS) is 16.9. The zero-order chi connectivity index (χ0) is 7.49. The lowest BCUT2D eigenvalue weighted by Crippen LogP contribution is -2.30. The monoisotopic (exact) mass is 127 g/mol. The summed E-state index contributed by atoms with van der Waals surface area (Å²) in [5.41, 5.74) is -0.811. The molecule has 0 aromatic heterocycles. The van der Waals surface area contributed by atoms with Crippen molar-refractivity contribution in [3.05, 3.63) is 0 Å². The van der Waals surface area contributed by atoms with Gasteiger partial charge in [-0.05, 0) is 12.8 Å². The summed E-state index contributed by atoms with van der Waals surface area (Å²) in [6, 6.07) is 1.94. The van der Waals surface area contributed by atoms with E-state index in [1.807, 2.05) is 19.9 Å². The van der Waals surface area contributed by atoms with Gasteiger partial charge in [0.2, 0.25) is 0 Å². The summed E-state index contributed by atoms with van der Waals surface area (Å²) < 4.78 is 0. The van der Waals surface area contributed by atoms with E-state index in [4.69, 9.17) is 5.26 Å². The topological polar surface area (TPSA) is 44.0 Å². The molecule has 0 amide bonds. The highest BCUT2D eigenvalue weighted by molar-refractivity contribution is 4.87. The Labute approximate surface area is 56.1 Å². The first-order valence-corrected chi connectivity index (χ1v) is 3.10. The first kappa shape index (κ1) is 8.45. The predicted molar refractivity (Wildman–Crippen MR) is 35.7 cm³/mol. The van der Waals surface area contributed by atoms with E-state index in [0.29, 0.717) is 0 Å². The van der Waals surface area contributed by atoms with Crippen LogP contribution in [-0.2, 0) is 0 Å². The van der Waals surface area contributed by atoms with Gasteiger partial charge in [0.25, 0.3) is 0 Å². The Kier molecular flexibility index (Phi) is 2.66. The summed E-state index contributed by atoms with van der Waals surface area (Å²) in [5.74, 6) is 0.150. The molecule has 2 nitrogen and oxygen atoms in total. The number of nitriles is 1. The number of nitrogens with zero attached hydrogens (tertiary/aromatic N) is 1. The molecule has 9 heavy (non-hydrogen) atoms. The maximum atomic E-state index is 9.37. The average Bonchev–Trinajstić information content (AvgIpc) is 1.65. The maximum absolute atomic E-state index is 9.37. The standard InChI is InChI=1S/C7H13NO/c1-6(2)7(3,9)4-5-8/h6,9H,4H2,1-3H3.